The van der Waals surface area contributed by atoms with Gasteiger partial charge in [-0.15, -0.1) is 11.8 Å². The van der Waals surface area contributed by atoms with Crippen molar-refractivity contribution in [3.8, 4) is 0 Å². The van der Waals surface area contributed by atoms with Gasteiger partial charge in [-0.25, -0.2) is 0 Å². The molecule has 0 saturated carbocycles. The first-order valence-electron chi connectivity index (χ1n) is 7.31. The minimum atomic E-state index is 0.493. The molecule has 1 atom stereocenters. The highest BCUT2D eigenvalue weighted by Crippen LogP contribution is 2.65. The number of methoxy groups -OCH3 is 1. The van der Waals surface area contributed by atoms with E-state index in [4.69, 9.17) is 4.74 Å². The van der Waals surface area contributed by atoms with Crippen molar-refractivity contribution >= 4 is 11.8 Å². The maximum Gasteiger partial charge on any atom is 0.0646 e. The Hall–Kier alpha value is -0.210. The van der Waals surface area contributed by atoms with Gasteiger partial charge in [0.2, 0.25) is 0 Å². The maximum absolute atomic E-state index is 5.05. The molecule has 0 spiro atoms. The molecule has 1 aliphatic rings. The average Bonchev–Trinajstić information content (AvgIpc) is 2.84. The number of hydrogen-bond acceptors (Lipinski definition) is 2. The molecule has 1 unspecified atom stereocenters. The molecule has 2 heteroatoms. The van der Waals surface area contributed by atoms with E-state index in [1.165, 1.54) is 18.4 Å². The van der Waals surface area contributed by atoms with Crippen LogP contribution in [0.1, 0.15) is 60.3 Å². The van der Waals surface area contributed by atoms with Crippen molar-refractivity contribution in [3.05, 3.63) is 23.3 Å². The van der Waals surface area contributed by atoms with Crippen molar-refractivity contribution in [1.82, 2.24) is 0 Å². The van der Waals surface area contributed by atoms with Crippen molar-refractivity contribution in [2.24, 2.45) is 0 Å². The summed E-state index contributed by atoms with van der Waals surface area (Å²) in [5.41, 5.74) is 2.97. The first kappa shape index (κ1) is 16.8. The molecule has 0 amide bonds. The molecule has 0 aromatic heterocycles. The van der Waals surface area contributed by atoms with E-state index in [0.717, 1.165) is 19.4 Å². The predicted molar refractivity (Wildman–Crippen MR) is 87.9 cm³/mol. The average molecular weight is 282 g/mol. The van der Waals surface area contributed by atoms with E-state index < -0.39 is 0 Å². The zero-order chi connectivity index (χ0) is 14.5. The highest BCUT2D eigenvalue weighted by Gasteiger charge is 2.57. The molecule has 1 saturated heterocycles. The molecule has 1 heterocycles. The third-order valence-electron chi connectivity index (χ3n) is 4.34. The van der Waals surface area contributed by atoms with Crippen molar-refractivity contribution in [2.45, 2.75) is 69.8 Å². The van der Waals surface area contributed by atoms with Crippen LogP contribution in [0.5, 0.6) is 0 Å². The van der Waals surface area contributed by atoms with Gasteiger partial charge in [0, 0.05) is 16.6 Å². The summed E-state index contributed by atoms with van der Waals surface area (Å²) in [6.07, 6.45) is 9.45. The fourth-order valence-corrected chi connectivity index (χ4v) is 3.68. The highest BCUT2D eigenvalue weighted by molar-refractivity contribution is 8.09. The topological polar surface area (TPSA) is 9.23 Å². The van der Waals surface area contributed by atoms with E-state index in [9.17, 15) is 0 Å². The Bertz CT molecular complexity index is 354. The van der Waals surface area contributed by atoms with Crippen LogP contribution in [0.2, 0.25) is 0 Å². The Morgan fingerprint density at radius 2 is 1.63 bits per heavy atom. The smallest absolute Gasteiger partial charge is 0.0646 e. The van der Waals surface area contributed by atoms with Gasteiger partial charge >= 0.3 is 0 Å². The molecule has 1 nitrogen and oxygen atoms in total. The maximum atomic E-state index is 5.05. The first-order chi connectivity index (χ1) is 8.81. The molecule has 19 heavy (non-hydrogen) atoms. The molecule has 0 aliphatic carbocycles. The zero-order valence-electron chi connectivity index (χ0n) is 13.5. The Balaban J connectivity index is 2.23. The van der Waals surface area contributed by atoms with Crippen LogP contribution in [-0.2, 0) is 4.74 Å². The normalized spacial score (nSPS) is 26.6. The van der Waals surface area contributed by atoms with Gasteiger partial charge in [0.25, 0.3) is 0 Å². The van der Waals surface area contributed by atoms with Crippen LogP contribution >= 0.6 is 11.8 Å². The monoisotopic (exact) mass is 282 g/mol. The van der Waals surface area contributed by atoms with Gasteiger partial charge in [-0.2, -0.15) is 0 Å². The quantitative estimate of drug-likeness (QED) is 0.437. The summed E-state index contributed by atoms with van der Waals surface area (Å²) in [5.74, 6) is 0. The van der Waals surface area contributed by atoms with Crippen molar-refractivity contribution in [1.29, 1.82) is 0 Å². The lowest BCUT2D eigenvalue weighted by atomic mass is 9.91. The third-order valence-corrected chi connectivity index (χ3v) is 6.26. The van der Waals surface area contributed by atoms with E-state index >= 15 is 0 Å². The van der Waals surface area contributed by atoms with Gasteiger partial charge in [-0.3, -0.25) is 0 Å². The fourth-order valence-electron chi connectivity index (χ4n) is 2.30. The van der Waals surface area contributed by atoms with E-state index in [2.05, 4.69) is 58.5 Å². The molecule has 0 aromatic rings. The summed E-state index contributed by atoms with van der Waals surface area (Å²) in [4.78, 5) is 0. The lowest BCUT2D eigenvalue weighted by Crippen LogP contribution is -2.15. The number of hydrogen-bond donors (Lipinski definition) is 0. The lowest BCUT2D eigenvalue weighted by molar-refractivity contribution is 0.233. The largest absolute Gasteiger partial charge is 0.381 e. The van der Waals surface area contributed by atoms with Crippen LogP contribution in [0.3, 0.4) is 0 Å². The molecule has 0 radical (unpaired) electrons. The van der Waals surface area contributed by atoms with Crippen LogP contribution in [0, 0.1) is 0 Å². The van der Waals surface area contributed by atoms with E-state index in [-0.39, 0.29) is 0 Å². The van der Waals surface area contributed by atoms with Crippen LogP contribution in [0.4, 0.5) is 0 Å². The van der Waals surface area contributed by atoms with Crippen molar-refractivity contribution < 1.29 is 4.74 Å². The SMILES string of the molecule is COCC=C(C)CCC=C(C)CCC1(C)SC1(C)C. The minimum absolute atomic E-state index is 0.493. The van der Waals surface area contributed by atoms with Gasteiger partial charge in [0.15, 0.2) is 0 Å². The molecular formula is C17H30OS. The minimum Gasteiger partial charge on any atom is -0.381 e. The molecular weight excluding hydrogens is 252 g/mol. The third kappa shape index (κ3) is 5.35. The van der Waals surface area contributed by atoms with E-state index in [1.807, 2.05) is 0 Å². The van der Waals surface area contributed by atoms with Gasteiger partial charge in [-0.1, -0.05) is 23.3 Å². The second kappa shape index (κ2) is 6.99. The summed E-state index contributed by atoms with van der Waals surface area (Å²) in [7, 11) is 1.74. The number of rotatable bonds is 8. The Kier molecular flexibility index (Phi) is 6.19. The van der Waals surface area contributed by atoms with Gasteiger partial charge < -0.3 is 4.74 Å². The molecule has 110 valence electrons. The molecule has 1 aliphatic heterocycles. The van der Waals surface area contributed by atoms with Gasteiger partial charge in [0.1, 0.15) is 0 Å². The van der Waals surface area contributed by atoms with E-state index in [0.29, 0.717) is 9.49 Å². The van der Waals surface area contributed by atoms with Crippen LogP contribution in [0.15, 0.2) is 23.3 Å². The summed E-state index contributed by atoms with van der Waals surface area (Å²) >= 11 is 2.13. The highest BCUT2D eigenvalue weighted by atomic mass is 32.2. The Labute approximate surface area is 123 Å². The molecule has 0 N–H and O–H groups in total. The van der Waals surface area contributed by atoms with E-state index in [1.54, 1.807) is 12.7 Å². The van der Waals surface area contributed by atoms with Gasteiger partial charge in [-0.05, 0) is 60.3 Å². The van der Waals surface area contributed by atoms with Crippen LogP contribution in [-0.4, -0.2) is 23.2 Å². The van der Waals surface area contributed by atoms with Crippen molar-refractivity contribution in [2.75, 3.05) is 13.7 Å². The standard InChI is InChI=1S/C17H30OS/c1-14(8-7-9-15(2)11-13-18-6)10-12-17(5)16(3,4)19-17/h8,11H,7,9-10,12-13H2,1-6H3. The molecule has 1 fully saturated rings. The number of thioether (sulfide) groups is 1. The van der Waals surface area contributed by atoms with Crippen LogP contribution < -0.4 is 0 Å². The lowest BCUT2D eigenvalue weighted by Gasteiger charge is -2.12. The van der Waals surface area contributed by atoms with Crippen LogP contribution in [0.25, 0.3) is 0 Å². The summed E-state index contributed by atoms with van der Waals surface area (Å²) in [6, 6.07) is 0. The van der Waals surface area contributed by atoms with Gasteiger partial charge in [0.05, 0.1) is 6.61 Å². The summed E-state index contributed by atoms with van der Waals surface area (Å²) in [6.45, 7) is 12.3. The summed E-state index contributed by atoms with van der Waals surface area (Å²) in [5, 5.41) is 0. The first-order valence-corrected chi connectivity index (χ1v) is 8.13. The second-order valence-corrected chi connectivity index (χ2v) is 8.56. The second-order valence-electron chi connectivity index (χ2n) is 6.44. The number of ether oxygens (including phenoxy) is 1. The molecule has 1 rings (SSSR count). The zero-order valence-corrected chi connectivity index (χ0v) is 14.3. The molecule has 0 aromatic carbocycles. The summed E-state index contributed by atoms with van der Waals surface area (Å²) < 4.78 is 6.05. The predicted octanol–water partition coefficient (Wildman–Crippen LogP) is 5.37. The fraction of sp³-hybridized carbons (Fsp3) is 0.765. The number of allylic oxidation sites excluding steroid dienone is 3. The Morgan fingerprint density at radius 3 is 2.16 bits per heavy atom. The Morgan fingerprint density at radius 1 is 1.05 bits per heavy atom. The molecule has 0 bridgehead atoms. The van der Waals surface area contributed by atoms with Crippen molar-refractivity contribution in [3.63, 3.8) is 0 Å².